The Labute approximate surface area is 86.6 Å². The molecule has 1 aliphatic heterocycles. The molecule has 0 aromatic carbocycles. The van der Waals surface area contributed by atoms with Gasteiger partial charge in [0, 0.05) is 13.0 Å². The summed E-state index contributed by atoms with van der Waals surface area (Å²) in [6, 6.07) is 0. The molecule has 0 aromatic rings. The lowest BCUT2D eigenvalue weighted by Crippen LogP contribution is -2.46. The molecule has 1 spiro atoms. The van der Waals surface area contributed by atoms with Crippen LogP contribution in [0.25, 0.3) is 0 Å². The van der Waals surface area contributed by atoms with Crippen LogP contribution in [0.2, 0.25) is 0 Å². The van der Waals surface area contributed by atoms with Crippen LogP contribution >= 0.6 is 0 Å². The summed E-state index contributed by atoms with van der Waals surface area (Å²) in [5.74, 6) is 1.51. The Hall–Kier alpha value is -0.0800. The topological polar surface area (TPSA) is 29.5 Å². The van der Waals surface area contributed by atoms with E-state index in [9.17, 15) is 5.11 Å². The molecule has 2 fully saturated rings. The monoisotopic (exact) mass is 198 g/mol. The highest BCUT2D eigenvalue weighted by Gasteiger charge is 2.42. The standard InChI is InChI=1S/C12H22O2/c1-9-5-10(2)7-12(6-9)8-11(13)3-4-14-12/h9-11,13H,3-8H2,1-2H3. The maximum Gasteiger partial charge on any atom is 0.0712 e. The van der Waals surface area contributed by atoms with Gasteiger partial charge in [-0.2, -0.15) is 0 Å². The van der Waals surface area contributed by atoms with Gasteiger partial charge in [0.05, 0.1) is 11.7 Å². The smallest absolute Gasteiger partial charge is 0.0712 e. The summed E-state index contributed by atoms with van der Waals surface area (Å²) in [5, 5.41) is 9.72. The summed E-state index contributed by atoms with van der Waals surface area (Å²) in [7, 11) is 0. The van der Waals surface area contributed by atoms with Crippen molar-refractivity contribution >= 4 is 0 Å². The molecule has 3 atom stereocenters. The van der Waals surface area contributed by atoms with Gasteiger partial charge in [0.15, 0.2) is 0 Å². The number of aliphatic hydroxyl groups is 1. The molecule has 1 aliphatic carbocycles. The van der Waals surface area contributed by atoms with Crippen LogP contribution in [0.3, 0.4) is 0 Å². The van der Waals surface area contributed by atoms with Gasteiger partial charge in [-0.15, -0.1) is 0 Å². The number of aliphatic hydroxyl groups excluding tert-OH is 1. The number of hydrogen-bond donors (Lipinski definition) is 1. The fraction of sp³-hybridized carbons (Fsp3) is 1.00. The SMILES string of the molecule is CC1CC(C)CC2(C1)CC(O)CCO2. The molecule has 14 heavy (non-hydrogen) atoms. The Morgan fingerprint density at radius 3 is 2.36 bits per heavy atom. The second-order valence-electron chi connectivity index (χ2n) is 5.53. The first-order chi connectivity index (χ1) is 6.60. The van der Waals surface area contributed by atoms with Gasteiger partial charge in [0.25, 0.3) is 0 Å². The minimum Gasteiger partial charge on any atom is -0.393 e. The van der Waals surface area contributed by atoms with Gasteiger partial charge in [0.1, 0.15) is 0 Å². The van der Waals surface area contributed by atoms with Crippen molar-refractivity contribution in [1.29, 1.82) is 0 Å². The zero-order chi connectivity index (χ0) is 10.2. The molecule has 1 heterocycles. The van der Waals surface area contributed by atoms with E-state index in [-0.39, 0.29) is 11.7 Å². The minimum absolute atomic E-state index is 0.0226. The van der Waals surface area contributed by atoms with E-state index in [0.717, 1.165) is 44.1 Å². The fourth-order valence-corrected chi connectivity index (χ4v) is 3.49. The van der Waals surface area contributed by atoms with Crippen LogP contribution in [0, 0.1) is 11.8 Å². The van der Waals surface area contributed by atoms with Gasteiger partial charge in [0.2, 0.25) is 0 Å². The van der Waals surface area contributed by atoms with E-state index in [2.05, 4.69) is 13.8 Å². The number of rotatable bonds is 0. The van der Waals surface area contributed by atoms with Crippen LogP contribution in [0.5, 0.6) is 0 Å². The lowest BCUT2D eigenvalue weighted by molar-refractivity contribution is -0.150. The van der Waals surface area contributed by atoms with E-state index in [1.165, 1.54) is 6.42 Å². The molecule has 1 saturated heterocycles. The van der Waals surface area contributed by atoms with Crippen LogP contribution in [0.1, 0.15) is 46.0 Å². The third-order valence-corrected chi connectivity index (χ3v) is 3.71. The maximum atomic E-state index is 9.72. The highest BCUT2D eigenvalue weighted by Crippen LogP contribution is 2.43. The highest BCUT2D eigenvalue weighted by atomic mass is 16.5. The Morgan fingerprint density at radius 2 is 1.79 bits per heavy atom. The number of ether oxygens (including phenoxy) is 1. The largest absolute Gasteiger partial charge is 0.393 e. The predicted molar refractivity (Wildman–Crippen MR) is 56.1 cm³/mol. The summed E-state index contributed by atoms with van der Waals surface area (Å²) in [6.07, 6.45) is 5.18. The molecular weight excluding hydrogens is 176 g/mol. The summed E-state index contributed by atoms with van der Waals surface area (Å²) in [5.41, 5.74) is 0.0226. The molecule has 1 N–H and O–H groups in total. The van der Waals surface area contributed by atoms with Crippen molar-refractivity contribution < 1.29 is 9.84 Å². The lowest BCUT2D eigenvalue weighted by Gasteiger charge is -2.46. The van der Waals surface area contributed by atoms with Crippen molar-refractivity contribution in [2.45, 2.75) is 57.7 Å². The van der Waals surface area contributed by atoms with Crippen LogP contribution in [0.4, 0.5) is 0 Å². The summed E-state index contributed by atoms with van der Waals surface area (Å²) in [6.45, 7) is 5.37. The molecule has 2 aliphatic rings. The molecule has 0 radical (unpaired) electrons. The first-order valence-corrected chi connectivity index (χ1v) is 5.92. The van der Waals surface area contributed by atoms with Crippen LogP contribution in [-0.4, -0.2) is 23.4 Å². The second kappa shape index (κ2) is 3.82. The molecule has 2 nitrogen and oxygen atoms in total. The average Bonchev–Trinajstić information content (AvgIpc) is 1.99. The first kappa shape index (κ1) is 10.4. The first-order valence-electron chi connectivity index (χ1n) is 5.92. The van der Waals surface area contributed by atoms with E-state index in [1.54, 1.807) is 0 Å². The van der Waals surface area contributed by atoms with Gasteiger partial charge in [-0.25, -0.2) is 0 Å². The van der Waals surface area contributed by atoms with Crippen molar-refractivity contribution in [1.82, 2.24) is 0 Å². The quantitative estimate of drug-likeness (QED) is 0.647. The number of hydrogen-bond acceptors (Lipinski definition) is 2. The molecule has 1 saturated carbocycles. The Balaban J connectivity index is 2.05. The molecule has 0 amide bonds. The van der Waals surface area contributed by atoms with Crippen molar-refractivity contribution in [3.63, 3.8) is 0 Å². The zero-order valence-corrected chi connectivity index (χ0v) is 9.33. The van der Waals surface area contributed by atoms with Crippen molar-refractivity contribution in [3.05, 3.63) is 0 Å². The lowest BCUT2D eigenvalue weighted by atomic mass is 9.70. The molecule has 0 bridgehead atoms. The van der Waals surface area contributed by atoms with E-state index >= 15 is 0 Å². The van der Waals surface area contributed by atoms with E-state index < -0.39 is 0 Å². The Bertz CT molecular complexity index is 187. The summed E-state index contributed by atoms with van der Waals surface area (Å²) >= 11 is 0. The maximum absolute atomic E-state index is 9.72. The molecular formula is C12H22O2. The van der Waals surface area contributed by atoms with Crippen LogP contribution < -0.4 is 0 Å². The Kier molecular flexibility index (Phi) is 2.85. The zero-order valence-electron chi connectivity index (χ0n) is 9.33. The van der Waals surface area contributed by atoms with Crippen molar-refractivity contribution in [2.75, 3.05) is 6.61 Å². The molecule has 82 valence electrons. The fourth-order valence-electron chi connectivity index (χ4n) is 3.49. The van der Waals surface area contributed by atoms with Gasteiger partial charge in [-0.3, -0.25) is 0 Å². The van der Waals surface area contributed by atoms with E-state index in [0.29, 0.717) is 0 Å². The summed E-state index contributed by atoms with van der Waals surface area (Å²) < 4.78 is 5.96. The third kappa shape index (κ3) is 2.12. The van der Waals surface area contributed by atoms with Gasteiger partial charge < -0.3 is 9.84 Å². The van der Waals surface area contributed by atoms with Crippen molar-refractivity contribution in [2.24, 2.45) is 11.8 Å². The Morgan fingerprint density at radius 1 is 1.14 bits per heavy atom. The molecule has 2 rings (SSSR count). The van der Waals surface area contributed by atoms with Gasteiger partial charge in [-0.1, -0.05) is 13.8 Å². The van der Waals surface area contributed by atoms with Crippen LogP contribution in [-0.2, 0) is 4.74 Å². The predicted octanol–water partition coefficient (Wildman–Crippen LogP) is 2.35. The minimum atomic E-state index is -0.124. The van der Waals surface area contributed by atoms with Crippen molar-refractivity contribution in [3.8, 4) is 0 Å². The molecule has 3 unspecified atom stereocenters. The average molecular weight is 198 g/mol. The summed E-state index contributed by atoms with van der Waals surface area (Å²) in [4.78, 5) is 0. The molecule has 2 heteroatoms. The van der Waals surface area contributed by atoms with E-state index in [1.807, 2.05) is 0 Å². The van der Waals surface area contributed by atoms with E-state index in [4.69, 9.17) is 4.74 Å². The van der Waals surface area contributed by atoms with Gasteiger partial charge in [-0.05, 0) is 37.5 Å². The van der Waals surface area contributed by atoms with Crippen LogP contribution in [0.15, 0.2) is 0 Å². The normalized spacial score (nSPS) is 49.5. The molecule has 0 aromatic heterocycles. The second-order valence-corrected chi connectivity index (χ2v) is 5.53. The highest BCUT2D eigenvalue weighted by molar-refractivity contribution is 4.93. The third-order valence-electron chi connectivity index (χ3n) is 3.71. The van der Waals surface area contributed by atoms with Gasteiger partial charge >= 0.3 is 0 Å².